The first-order chi connectivity index (χ1) is 15.3. The number of anilines is 2. The maximum absolute atomic E-state index is 4.72. The number of pyridine rings is 1. The average molecular weight is 414 g/mol. The fourth-order valence-corrected chi connectivity index (χ4v) is 4.20. The molecule has 1 saturated heterocycles. The minimum atomic E-state index is 0.574. The lowest BCUT2D eigenvalue weighted by atomic mass is 10.1. The number of benzene rings is 1. The van der Waals surface area contributed by atoms with Crippen LogP contribution in [0.3, 0.4) is 0 Å². The van der Waals surface area contributed by atoms with Gasteiger partial charge in [0, 0.05) is 37.2 Å². The molecule has 1 aliphatic rings. The quantitative estimate of drug-likeness (QED) is 0.511. The Hall–Kier alpha value is -3.32. The molecular weight excluding hydrogens is 386 g/mol. The molecule has 0 saturated carbocycles. The summed E-state index contributed by atoms with van der Waals surface area (Å²) in [6.07, 6.45) is 10.4. The van der Waals surface area contributed by atoms with Gasteiger partial charge in [0.15, 0.2) is 5.65 Å². The number of aromatic nitrogens is 5. The SMILES string of the molecule is Cn1c(-c2ccncc2)nc2cnc(Nc3cccc(CCN4CCCCC4)c3)nc21. The summed E-state index contributed by atoms with van der Waals surface area (Å²) in [5, 5.41) is 3.36. The number of fused-ring (bicyclic) bond motifs is 1. The molecule has 4 aromatic rings. The van der Waals surface area contributed by atoms with E-state index in [4.69, 9.17) is 9.97 Å². The molecule has 0 unspecified atom stereocenters. The summed E-state index contributed by atoms with van der Waals surface area (Å²) in [7, 11) is 1.98. The van der Waals surface area contributed by atoms with Crippen LogP contribution in [-0.4, -0.2) is 49.0 Å². The highest BCUT2D eigenvalue weighted by Gasteiger charge is 2.13. The van der Waals surface area contributed by atoms with Crippen LogP contribution in [0.2, 0.25) is 0 Å². The largest absolute Gasteiger partial charge is 0.324 e. The number of rotatable bonds is 6. The first-order valence-electron chi connectivity index (χ1n) is 10.9. The fraction of sp³-hybridized carbons (Fsp3) is 0.333. The third-order valence-corrected chi connectivity index (χ3v) is 5.90. The molecular formula is C24H27N7. The Balaban J connectivity index is 1.33. The number of nitrogens with zero attached hydrogens (tertiary/aromatic N) is 6. The third kappa shape index (κ3) is 4.41. The van der Waals surface area contributed by atoms with Crippen LogP contribution in [0.15, 0.2) is 55.0 Å². The second-order valence-corrected chi connectivity index (χ2v) is 8.11. The molecule has 4 heterocycles. The minimum Gasteiger partial charge on any atom is -0.324 e. The van der Waals surface area contributed by atoms with E-state index in [0.717, 1.165) is 41.2 Å². The van der Waals surface area contributed by atoms with Gasteiger partial charge in [-0.3, -0.25) is 4.98 Å². The summed E-state index contributed by atoms with van der Waals surface area (Å²) in [4.78, 5) is 20.5. The lowest BCUT2D eigenvalue weighted by molar-refractivity contribution is 0.231. The maximum atomic E-state index is 4.72. The smallest absolute Gasteiger partial charge is 0.229 e. The second-order valence-electron chi connectivity index (χ2n) is 8.11. The Morgan fingerprint density at radius 1 is 1.00 bits per heavy atom. The number of hydrogen-bond acceptors (Lipinski definition) is 6. The minimum absolute atomic E-state index is 0.574. The molecule has 0 amide bonds. The van der Waals surface area contributed by atoms with Crippen LogP contribution in [0.25, 0.3) is 22.6 Å². The van der Waals surface area contributed by atoms with Gasteiger partial charge in [-0.2, -0.15) is 4.98 Å². The van der Waals surface area contributed by atoms with Gasteiger partial charge in [-0.15, -0.1) is 0 Å². The first-order valence-corrected chi connectivity index (χ1v) is 10.9. The lowest BCUT2D eigenvalue weighted by Crippen LogP contribution is -2.31. The molecule has 0 atom stereocenters. The Morgan fingerprint density at radius 2 is 1.84 bits per heavy atom. The van der Waals surface area contributed by atoms with Gasteiger partial charge in [-0.05, 0) is 62.2 Å². The van der Waals surface area contributed by atoms with Crippen LogP contribution in [-0.2, 0) is 13.5 Å². The number of likely N-dealkylation sites (tertiary alicyclic amines) is 1. The van der Waals surface area contributed by atoms with Gasteiger partial charge in [-0.25, -0.2) is 9.97 Å². The van der Waals surface area contributed by atoms with Gasteiger partial charge in [0.2, 0.25) is 5.95 Å². The summed E-state index contributed by atoms with van der Waals surface area (Å²) in [6.45, 7) is 3.59. The zero-order valence-electron chi connectivity index (χ0n) is 17.8. The highest BCUT2D eigenvalue weighted by atomic mass is 15.2. The second kappa shape index (κ2) is 8.81. The Labute approximate surface area is 182 Å². The summed E-state index contributed by atoms with van der Waals surface area (Å²) < 4.78 is 1.99. The van der Waals surface area contributed by atoms with Crippen molar-refractivity contribution in [2.24, 2.45) is 7.05 Å². The molecule has 0 spiro atoms. The van der Waals surface area contributed by atoms with Crippen LogP contribution >= 0.6 is 0 Å². The van der Waals surface area contributed by atoms with Crippen LogP contribution in [0.5, 0.6) is 0 Å². The van der Waals surface area contributed by atoms with Gasteiger partial charge < -0.3 is 14.8 Å². The van der Waals surface area contributed by atoms with E-state index in [1.807, 2.05) is 23.7 Å². The number of piperidine rings is 1. The van der Waals surface area contributed by atoms with Crippen molar-refractivity contribution in [3.63, 3.8) is 0 Å². The number of aryl methyl sites for hydroxylation is 1. The molecule has 158 valence electrons. The van der Waals surface area contributed by atoms with Crippen LogP contribution < -0.4 is 5.32 Å². The number of hydrogen-bond donors (Lipinski definition) is 1. The highest BCUT2D eigenvalue weighted by molar-refractivity contribution is 5.77. The standard InChI is InChI=1S/C24H27N7/c1-30-22(19-8-11-25-12-9-19)28-21-17-26-24(29-23(21)30)27-20-7-5-6-18(16-20)10-15-31-13-3-2-4-14-31/h5-9,11-12,16-17H,2-4,10,13-15H2,1H3,(H,26,27,29). The zero-order chi connectivity index (χ0) is 21.0. The van der Waals surface area contributed by atoms with E-state index in [0.29, 0.717) is 5.95 Å². The number of imidazole rings is 1. The van der Waals surface area contributed by atoms with Crippen molar-refractivity contribution >= 4 is 22.8 Å². The van der Waals surface area contributed by atoms with E-state index in [-0.39, 0.29) is 0 Å². The molecule has 1 aliphatic heterocycles. The van der Waals surface area contributed by atoms with Crippen molar-refractivity contribution in [1.82, 2.24) is 29.4 Å². The van der Waals surface area contributed by atoms with Crippen molar-refractivity contribution in [2.45, 2.75) is 25.7 Å². The molecule has 1 aromatic carbocycles. The third-order valence-electron chi connectivity index (χ3n) is 5.90. The van der Waals surface area contributed by atoms with E-state index >= 15 is 0 Å². The monoisotopic (exact) mass is 413 g/mol. The van der Waals surface area contributed by atoms with E-state index in [2.05, 4.69) is 44.5 Å². The zero-order valence-corrected chi connectivity index (χ0v) is 17.8. The first kappa shape index (κ1) is 19.6. The van der Waals surface area contributed by atoms with Crippen molar-refractivity contribution in [1.29, 1.82) is 0 Å². The van der Waals surface area contributed by atoms with Gasteiger partial charge in [0.25, 0.3) is 0 Å². The Bertz CT molecular complexity index is 1160. The predicted octanol–water partition coefficient (Wildman–Crippen LogP) is 4.20. The fourth-order valence-electron chi connectivity index (χ4n) is 4.20. The van der Waals surface area contributed by atoms with Crippen LogP contribution in [0, 0.1) is 0 Å². The summed E-state index contributed by atoms with van der Waals surface area (Å²) in [5.74, 6) is 1.42. The molecule has 0 radical (unpaired) electrons. The Morgan fingerprint density at radius 3 is 2.68 bits per heavy atom. The molecule has 7 nitrogen and oxygen atoms in total. The van der Waals surface area contributed by atoms with Crippen molar-refractivity contribution in [3.05, 3.63) is 60.6 Å². The molecule has 0 aliphatic carbocycles. The number of nitrogens with one attached hydrogen (secondary N) is 1. The van der Waals surface area contributed by atoms with Crippen molar-refractivity contribution in [3.8, 4) is 11.4 Å². The molecule has 1 N–H and O–H groups in total. The summed E-state index contributed by atoms with van der Waals surface area (Å²) >= 11 is 0. The van der Waals surface area contributed by atoms with Gasteiger partial charge in [-0.1, -0.05) is 18.6 Å². The van der Waals surface area contributed by atoms with E-state index in [9.17, 15) is 0 Å². The normalized spacial score (nSPS) is 14.7. The molecule has 0 bridgehead atoms. The summed E-state index contributed by atoms with van der Waals surface area (Å²) in [5.41, 5.74) is 4.91. The lowest BCUT2D eigenvalue weighted by Gasteiger charge is -2.26. The highest BCUT2D eigenvalue weighted by Crippen LogP contribution is 2.23. The average Bonchev–Trinajstić information content (AvgIpc) is 3.15. The molecule has 31 heavy (non-hydrogen) atoms. The van der Waals surface area contributed by atoms with Crippen LogP contribution in [0.1, 0.15) is 24.8 Å². The van der Waals surface area contributed by atoms with Crippen molar-refractivity contribution < 1.29 is 0 Å². The predicted molar refractivity (Wildman–Crippen MR) is 123 cm³/mol. The maximum Gasteiger partial charge on any atom is 0.229 e. The van der Waals surface area contributed by atoms with Gasteiger partial charge in [0.1, 0.15) is 11.3 Å². The van der Waals surface area contributed by atoms with Crippen LogP contribution in [0.4, 0.5) is 11.6 Å². The van der Waals surface area contributed by atoms with Gasteiger partial charge in [0.05, 0.1) is 6.20 Å². The molecule has 3 aromatic heterocycles. The Kier molecular flexibility index (Phi) is 5.58. The molecule has 5 rings (SSSR count). The molecule has 1 fully saturated rings. The van der Waals surface area contributed by atoms with E-state index < -0.39 is 0 Å². The van der Waals surface area contributed by atoms with Gasteiger partial charge >= 0.3 is 0 Å². The van der Waals surface area contributed by atoms with E-state index in [1.165, 1.54) is 37.9 Å². The topological polar surface area (TPSA) is 71.8 Å². The molecule has 7 heteroatoms. The summed E-state index contributed by atoms with van der Waals surface area (Å²) in [6, 6.07) is 12.4. The van der Waals surface area contributed by atoms with Crippen molar-refractivity contribution in [2.75, 3.05) is 25.0 Å². The van der Waals surface area contributed by atoms with E-state index in [1.54, 1.807) is 18.6 Å².